The molecular formula is C18H21NO3. The molecule has 2 unspecified atom stereocenters. The van der Waals surface area contributed by atoms with E-state index in [2.05, 4.69) is 17.0 Å². The van der Waals surface area contributed by atoms with Gasteiger partial charge in [-0.1, -0.05) is 36.4 Å². The smallest absolute Gasteiger partial charge is 0.231 e. The number of aliphatic hydroxyl groups is 1. The van der Waals surface area contributed by atoms with Crippen LogP contribution in [-0.4, -0.2) is 29.9 Å². The van der Waals surface area contributed by atoms with E-state index >= 15 is 0 Å². The lowest BCUT2D eigenvalue weighted by Gasteiger charge is -2.29. The van der Waals surface area contributed by atoms with E-state index in [0.717, 1.165) is 17.9 Å². The summed E-state index contributed by atoms with van der Waals surface area (Å²) in [6, 6.07) is 15.8. The lowest BCUT2D eigenvalue weighted by molar-refractivity contribution is 0.0687. The topological polar surface area (TPSA) is 41.9 Å². The molecule has 0 bridgehead atoms. The Labute approximate surface area is 130 Å². The van der Waals surface area contributed by atoms with Gasteiger partial charge in [0.2, 0.25) is 6.79 Å². The minimum atomic E-state index is -0.580. The van der Waals surface area contributed by atoms with Gasteiger partial charge in [0.1, 0.15) is 0 Å². The number of benzene rings is 2. The van der Waals surface area contributed by atoms with Gasteiger partial charge in [-0.3, -0.25) is 4.90 Å². The van der Waals surface area contributed by atoms with Crippen LogP contribution in [0.2, 0.25) is 0 Å². The van der Waals surface area contributed by atoms with E-state index in [1.54, 1.807) is 0 Å². The highest BCUT2D eigenvalue weighted by molar-refractivity contribution is 5.45. The molecule has 0 spiro atoms. The zero-order valence-corrected chi connectivity index (χ0v) is 12.9. The van der Waals surface area contributed by atoms with Crippen molar-refractivity contribution in [3.63, 3.8) is 0 Å². The summed E-state index contributed by atoms with van der Waals surface area (Å²) in [5, 5.41) is 10.6. The molecule has 0 amide bonds. The molecule has 0 saturated heterocycles. The second-order valence-electron chi connectivity index (χ2n) is 5.70. The minimum Gasteiger partial charge on any atom is -0.454 e. The Kier molecular flexibility index (Phi) is 4.32. The average molecular weight is 299 g/mol. The van der Waals surface area contributed by atoms with E-state index in [-0.39, 0.29) is 12.8 Å². The van der Waals surface area contributed by atoms with E-state index < -0.39 is 6.10 Å². The molecular weight excluding hydrogens is 278 g/mol. The van der Waals surface area contributed by atoms with Crippen LogP contribution in [0.5, 0.6) is 11.5 Å². The summed E-state index contributed by atoms with van der Waals surface area (Å²) in [7, 11) is 2.02. The summed E-state index contributed by atoms with van der Waals surface area (Å²) in [5.74, 6) is 1.44. The predicted molar refractivity (Wildman–Crippen MR) is 84.9 cm³/mol. The molecule has 2 aromatic rings. The third-order valence-electron chi connectivity index (χ3n) is 4.17. The fourth-order valence-electron chi connectivity index (χ4n) is 2.63. The van der Waals surface area contributed by atoms with Crippen LogP contribution in [0.25, 0.3) is 0 Å². The number of aliphatic hydroxyl groups excluding tert-OH is 1. The number of hydrogen-bond acceptors (Lipinski definition) is 4. The summed E-state index contributed by atoms with van der Waals surface area (Å²) in [5.41, 5.74) is 2.08. The molecule has 0 aromatic heterocycles. The molecule has 1 aliphatic rings. The van der Waals surface area contributed by atoms with E-state index in [9.17, 15) is 5.11 Å². The van der Waals surface area contributed by atoms with Crippen molar-refractivity contribution in [3.8, 4) is 11.5 Å². The first-order chi connectivity index (χ1) is 10.6. The highest BCUT2D eigenvalue weighted by atomic mass is 16.7. The van der Waals surface area contributed by atoms with Crippen LogP contribution in [0.15, 0.2) is 48.5 Å². The summed E-state index contributed by atoms with van der Waals surface area (Å²) in [6.45, 7) is 3.07. The fraction of sp³-hybridized carbons (Fsp3) is 0.333. The molecule has 0 aliphatic carbocycles. The number of nitrogens with zero attached hydrogens (tertiary/aromatic N) is 1. The highest BCUT2D eigenvalue weighted by Crippen LogP contribution is 2.35. The summed E-state index contributed by atoms with van der Waals surface area (Å²) in [4.78, 5) is 2.14. The Bertz CT molecular complexity index is 629. The predicted octanol–water partition coefficient (Wildman–Crippen LogP) is 2.97. The summed E-state index contributed by atoms with van der Waals surface area (Å²) >= 11 is 0. The van der Waals surface area contributed by atoms with Crippen LogP contribution in [0.4, 0.5) is 0 Å². The van der Waals surface area contributed by atoms with Gasteiger partial charge in [0.15, 0.2) is 11.5 Å². The van der Waals surface area contributed by atoms with Crippen molar-refractivity contribution >= 4 is 0 Å². The van der Waals surface area contributed by atoms with Crippen molar-refractivity contribution in [2.24, 2.45) is 0 Å². The SMILES string of the molecule is CC(C(O)c1ccc2c(c1)OCO2)N(C)Cc1ccccc1. The fourth-order valence-corrected chi connectivity index (χ4v) is 2.63. The van der Waals surface area contributed by atoms with Gasteiger partial charge >= 0.3 is 0 Å². The number of rotatable bonds is 5. The third-order valence-corrected chi connectivity index (χ3v) is 4.17. The van der Waals surface area contributed by atoms with E-state index in [4.69, 9.17) is 9.47 Å². The Morgan fingerprint density at radius 2 is 1.82 bits per heavy atom. The quantitative estimate of drug-likeness (QED) is 0.921. The van der Waals surface area contributed by atoms with Crippen molar-refractivity contribution in [1.82, 2.24) is 4.90 Å². The van der Waals surface area contributed by atoms with Gasteiger partial charge in [0, 0.05) is 12.6 Å². The molecule has 22 heavy (non-hydrogen) atoms. The van der Waals surface area contributed by atoms with Gasteiger partial charge in [-0.2, -0.15) is 0 Å². The molecule has 1 aliphatic heterocycles. The molecule has 2 atom stereocenters. The normalized spacial score (nSPS) is 15.8. The van der Waals surface area contributed by atoms with E-state index in [1.807, 2.05) is 50.4 Å². The monoisotopic (exact) mass is 299 g/mol. The van der Waals surface area contributed by atoms with Gasteiger partial charge in [0.05, 0.1) is 6.10 Å². The zero-order chi connectivity index (χ0) is 15.5. The summed E-state index contributed by atoms with van der Waals surface area (Å²) < 4.78 is 10.7. The maximum Gasteiger partial charge on any atom is 0.231 e. The lowest BCUT2D eigenvalue weighted by atomic mass is 10.0. The van der Waals surface area contributed by atoms with Crippen molar-refractivity contribution in [2.75, 3.05) is 13.8 Å². The number of ether oxygens (including phenoxy) is 2. The van der Waals surface area contributed by atoms with Crippen molar-refractivity contribution in [3.05, 3.63) is 59.7 Å². The maximum absolute atomic E-state index is 10.6. The zero-order valence-electron chi connectivity index (χ0n) is 12.9. The average Bonchev–Trinajstić information content (AvgIpc) is 3.02. The Morgan fingerprint density at radius 1 is 1.09 bits per heavy atom. The van der Waals surface area contributed by atoms with Crippen LogP contribution in [0.3, 0.4) is 0 Å². The number of hydrogen-bond donors (Lipinski definition) is 1. The Hall–Kier alpha value is -2.04. The van der Waals surface area contributed by atoms with Gasteiger partial charge in [-0.15, -0.1) is 0 Å². The molecule has 0 saturated carbocycles. The van der Waals surface area contributed by atoms with E-state index in [0.29, 0.717) is 5.75 Å². The van der Waals surface area contributed by atoms with Crippen molar-refractivity contribution in [1.29, 1.82) is 0 Å². The molecule has 3 rings (SSSR count). The molecule has 0 radical (unpaired) electrons. The second kappa shape index (κ2) is 6.38. The minimum absolute atomic E-state index is 0.0134. The van der Waals surface area contributed by atoms with Crippen molar-refractivity contribution < 1.29 is 14.6 Å². The number of fused-ring (bicyclic) bond motifs is 1. The Balaban J connectivity index is 1.69. The van der Waals surface area contributed by atoms with Crippen LogP contribution in [0, 0.1) is 0 Å². The maximum atomic E-state index is 10.6. The largest absolute Gasteiger partial charge is 0.454 e. The van der Waals surface area contributed by atoms with Crippen LogP contribution in [0.1, 0.15) is 24.2 Å². The second-order valence-corrected chi connectivity index (χ2v) is 5.70. The van der Waals surface area contributed by atoms with Gasteiger partial charge in [0.25, 0.3) is 0 Å². The molecule has 4 heteroatoms. The lowest BCUT2D eigenvalue weighted by Crippen LogP contribution is -2.33. The van der Waals surface area contributed by atoms with Gasteiger partial charge in [-0.25, -0.2) is 0 Å². The van der Waals surface area contributed by atoms with E-state index in [1.165, 1.54) is 5.56 Å². The highest BCUT2D eigenvalue weighted by Gasteiger charge is 2.23. The Morgan fingerprint density at radius 3 is 2.59 bits per heavy atom. The van der Waals surface area contributed by atoms with Crippen LogP contribution in [-0.2, 0) is 6.54 Å². The molecule has 1 heterocycles. The van der Waals surface area contributed by atoms with Crippen molar-refractivity contribution in [2.45, 2.75) is 25.6 Å². The molecule has 0 fully saturated rings. The number of likely N-dealkylation sites (N-methyl/N-ethyl adjacent to an activating group) is 1. The first-order valence-corrected chi connectivity index (χ1v) is 7.47. The molecule has 4 nitrogen and oxygen atoms in total. The van der Waals surface area contributed by atoms with Gasteiger partial charge < -0.3 is 14.6 Å². The first-order valence-electron chi connectivity index (χ1n) is 7.47. The van der Waals surface area contributed by atoms with Crippen LogP contribution >= 0.6 is 0 Å². The van der Waals surface area contributed by atoms with Gasteiger partial charge in [-0.05, 0) is 37.2 Å². The third kappa shape index (κ3) is 3.08. The molecule has 116 valence electrons. The summed E-state index contributed by atoms with van der Waals surface area (Å²) in [6.07, 6.45) is -0.580. The molecule has 1 N–H and O–H groups in total. The first kappa shape index (κ1) is 14.9. The molecule has 2 aromatic carbocycles. The standard InChI is InChI=1S/C18H21NO3/c1-13(19(2)11-14-6-4-3-5-7-14)18(20)15-8-9-16-17(10-15)22-12-21-16/h3-10,13,18,20H,11-12H2,1-2H3. The van der Waals surface area contributed by atoms with Crippen LogP contribution < -0.4 is 9.47 Å².